The number of hydrogen-bond donors (Lipinski definition) is 1. The van der Waals surface area contributed by atoms with E-state index in [0.29, 0.717) is 5.57 Å². The molecule has 1 aliphatic carbocycles. The molecule has 0 saturated carbocycles. The highest BCUT2D eigenvalue weighted by atomic mass is 19.1. The van der Waals surface area contributed by atoms with E-state index in [4.69, 9.17) is 10.2 Å². The van der Waals surface area contributed by atoms with Crippen LogP contribution in [0, 0.1) is 11.6 Å². The number of halogens is 2. The van der Waals surface area contributed by atoms with Gasteiger partial charge in [-0.3, -0.25) is 4.79 Å². The van der Waals surface area contributed by atoms with E-state index >= 15 is 0 Å². The summed E-state index contributed by atoms with van der Waals surface area (Å²) in [6.07, 6.45) is 9.69. The molecule has 0 unspecified atom stereocenters. The molecule has 1 aromatic carbocycles. The number of allylic oxidation sites excluding steroid dienone is 6. The number of nitrogens with two attached hydrogens (primary N) is 1. The lowest BCUT2D eigenvalue weighted by atomic mass is 10.1. The van der Waals surface area contributed by atoms with Gasteiger partial charge in [-0.15, -0.1) is 0 Å². The molecule has 1 amide bonds. The molecule has 0 radical (unpaired) electrons. The lowest BCUT2D eigenvalue weighted by Gasteiger charge is -2.00. The Morgan fingerprint density at radius 2 is 1.96 bits per heavy atom. The van der Waals surface area contributed by atoms with Gasteiger partial charge in [0.1, 0.15) is 17.2 Å². The first-order valence-electron chi connectivity index (χ1n) is 6.86. The van der Waals surface area contributed by atoms with Gasteiger partial charge in [0.15, 0.2) is 11.5 Å². The minimum atomic E-state index is -0.839. The van der Waals surface area contributed by atoms with Crippen LogP contribution in [0.15, 0.2) is 53.0 Å². The number of amides is 1. The highest BCUT2D eigenvalue weighted by molar-refractivity contribution is 5.97. The Bertz CT molecular complexity index is 843. The molecular formula is C17H12F2N2O2. The summed E-state index contributed by atoms with van der Waals surface area (Å²) in [5.41, 5.74) is 5.25. The Morgan fingerprint density at radius 1 is 1.22 bits per heavy atom. The predicted molar refractivity (Wildman–Crippen MR) is 81.2 cm³/mol. The number of benzene rings is 1. The van der Waals surface area contributed by atoms with Crippen molar-refractivity contribution in [3.8, 4) is 11.5 Å². The third kappa shape index (κ3) is 2.83. The molecule has 0 atom stereocenters. The van der Waals surface area contributed by atoms with Crippen LogP contribution in [0.1, 0.15) is 22.7 Å². The molecule has 0 spiro atoms. The van der Waals surface area contributed by atoms with Crippen LogP contribution in [0.2, 0.25) is 0 Å². The lowest BCUT2D eigenvalue weighted by molar-refractivity contribution is 0.0995. The number of primary amides is 1. The standard InChI is InChI=1S/C17H12F2N2O2/c18-11-8-5-9-12(19)13(11)17-21-14(16(20)22)15(23-17)10-6-3-1-2-4-7-10/h1,3-9H,2H2,(H2,20,22). The Balaban J connectivity index is 2.19. The Hall–Kier alpha value is -3.02. The van der Waals surface area contributed by atoms with Gasteiger partial charge >= 0.3 is 0 Å². The van der Waals surface area contributed by atoms with Gasteiger partial charge < -0.3 is 10.2 Å². The number of rotatable bonds is 3. The van der Waals surface area contributed by atoms with Crippen LogP contribution in [0.4, 0.5) is 8.78 Å². The van der Waals surface area contributed by atoms with Crippen molar-refractivity contribution in [1.29, 1.82) is 0 Å². The molecule has 0 fully saturated rings. The van der Waals surface area contributed by atoms with Crippen LogP contribution in [-0.4, -0.2) is 10.9 Å². The number of nitrogens with zero attached hydrogens (tertiary/aromatic N) is 1. The minimum Gasteiger partial charge on any atom is -0.435 e. The van der Waals surface area contributed by atoms with Crippen molar-refractivity contribution >= 4 is 11.5 Å². The fourth-order valence-electron chi connectivity index (χ4n) is 2.22. The molecule has 23 heavy (non-hydrogen) atoms. The summed E-state index contributed by atoms with van der Waals surface area (Å²) < 4.78 is 33.3. The monoisotopic (exact) mass is 314 g/mol. The molecule has 1 aliphatic rings. The van der Waals surface area contributed by atoms with E-state index in [1.807, 2.05) is 12.2 Å². The van der Waals surface area contributed by atoms with Crippen LogP contribution >= 0.6 is 0 Å². The molecule has 3 rings (SSSR count). The summed E-state index contributed by atoms with van der Waals surface area (Å²) in [5.74, 6) is -2.75. The quantitative estimate of drug-likeness (QED) is 0.940. The summed E-state index contributed by atoms with van der Waals surface area (Å²) in [6, 6.07) is 3.40. The fraction of sp³-hybridized carbons (Fsp3) is 0.0588. The zero-order chi connectivity index (χ0) is 16.4. The summed E-state index contributed by atoms with van der Waals surface area (Å²) in [6.45, 7) is 0. The van der Waals surface area contributed by atoms with Crippen molar-refractivity contribution in [3.05, 3.63) is 71.7 Å². The molecule has 1 heterocycles. The van der Waals surface area contributed by atoms with Crippen molar-refractivity contribution < 1.29 is 18.0 Å². The predicted octanol–water partition coefficient (Wildman–Crippen LogP) is 3.62. The van der Waals surface area contributed by atoms with Gasteiger partial charge in [0, 0.05) is 5.57 Å². The van der Waals surface area contributed by atoms with Crippen LogP contribution < -0.4 is 5.73 Å². The molecule has 1 aromatic heterocycles. The van der Waals surface area contributed by atoms with Crippen LogP contribution in [0.25, 0.3) is 17.0 Å². The van der Waals surface area contributed by atoms with E-state index in [1.54, 1.807) is 18.2 Å². The van der Waals surface area contributed by atoms with E-state index in [1.165, 1.54) is 6.07 Å². The van der Waals surface area contributed by atoms with Gasteiger partial charge in [-0.05, 0) is 18.6 Å². The minimum absolute atomic E-state index is 0.0814. The topological polar surface area (TPSA) is 69.1 Å². The molecule has 0 aliphatic heterocycles. The second kappa shape index (κ2) is 6.00. The lowest BCUT2D eigenvalue weighted by Crippen LogP contribution is -2.13. The van der Waals surface area contributed by atoms with Crippen LogP contribution in [0.3, 0.4) is 0 Å². The average molecular weight is 314 g/mol. The van der Waals surface area contributed by atoms with E-state index in [2.05, 4.69) is 4.98 Å². The normalized spacial score (nSPS) is 13.7. The maximum atomic E-state index is 13.9. The van der Waals surface area contributed by atoms with Gasteiger partial charge in [-0.1, -0.05) is 36.4 Å². The molecule has 116 valence electrons. The maximum Gasteiger partial charge on any atom is 0.271 e. The molecule has 2 N–H and O–H groups in total. The Morgan fingerprint density at radius 3 is 2.65 bits per heavy atom. The first-order valence-corrected chi connectivity index (χ1v) is 6.86. The zero-order valence-electron chi connectivity index (χ0n) is 11.9. The molecule has 4 nitrogen and oxygen atoms in total. The maximum absolute atomic E-state index is 13.9. The van der Waals surface area contributed by atoms with Crippen molar-refractivity contribution in [2.24, 2.45) is 5.73 Å². The van der Waals surface area contributed by atoms with Gasteiger partial charge in [-0.25, -0.2) is 13.8 Å². The smallest absolute Gasteiger partial charge is 0.271 e. The van der Waals surface area contributed by atoms with E-state index in [-0.39, 0.29) is 17.3 Å². The zero-order valence-corrected chi connectivity index (χ0v) is 11.9. The first kappa shape index (κ1) is 14.9. The second-order valence-corrected chi connectivity index (χ2v) is 4.85. The number of aromatic nitrogens is 1. The average Bonchev–Trinajstić information content (AvgIpc) is 2.76. The van der Waals surface area contributed by atoms with Crippen LogP contribution in [-0.2, 0) is 0 Å². The summed E-state index contributed by atoms with van der Waals surface area (Å²) >= 11 is 0. The van der Waals surface area contributed by atoms with E-state index in [0.717, 1.165) is 18.6 Å². The van der Waals surface area contributed by atoms with E-state index in [9.17, 15) is 13.6 Å². The SMILES string of the molecule is NC(=O)c1nc(-c2c(F)cccc2F)oc1C1=CC=CCC=C1. The largest absolute Gasteiger partial charge is 0.435 e. The third-order valence-electron chi connectivity index (χ3n) is 3.28. The van der Waals surface area contributed by atoms with E-state index < -0.39 is 23.1 Å². The molecule has 0 saturated heterocycles. The summed E-state index contributed by atoms with van der Waals surface area (Å²) in [4.78, 5) is 15.5. The van der Waals surface area contributed by atoms with Crippen molar-refractivity contribution in [2.45, 2.75) is 6.42 Å². The second-order valence-electron chi connectivity index (χ2n) is 4.85. The Kier molecular flexibility index (Phi) is 3.89. The van der Waals surface area contributed by atoms with Crippen LogP contribution in [0.5, 0.6) is 0 Å². The van der Waals surface area contributed by atoms with Crippen molar-refractivity contribution in [2.75, 3.05) is 0 Å². The molecule has 6 heteroatoms. The Labute approximate surface area is 130 Å². The number of carbonyl (C=O) groups is 1. The first-order chi connectivity index (χ1) is 11.1. The van der Waals surface area contributed by atoms with Gasteiger partial charge in [0.25, 0.3) is 5.91 Å². The molecule has 0 bridgehead atoms. The van der Waals surface area contributed by atoms with Gasteiger partial charge in [-0.2, -0.15) is 0 Å². The molecule has 2 aromatic rings. The number of hydrogen-bond acceptors (Lipinski definition) is 3. The van der Waals surface area contributed by atoms with Crippen molar-refractivity contribution in [3.63, 3.8) is 0 Å². The fourth-order valence-corrected chi connectivity index (χ4v) is 2.22. The number of carbonyl (C=O) groups excluding carboxylic acids is 1. The number of oxazole rings is 1. The summed E-state index contributed by atoms with van der Waals surface area (Å²) in [7, 11) is 0. The third-order valence-corrected chi connectivity index (χ3v) is 3.28. The van der Waals surface area contributed by atoms with Crippen molar-refractivity contribution in [1.82, 2.24) is 4.98 Å². The highest BCUT2D eigenvalue weighted by Crippen LogP contribution is 2.31. The molecular weight excluding hydrogens is 302 g/mol. The van der Waals surface area contributed by atoms with Gasteiger partial charge in [0.05, 0.1) is 0 Å². The highest BCUT2D eigenvalue weighted by Gasteiger charge is 2.24. The summed E-state index contributed by atoms with van der Waals surface area (Å²) in [5, 5.41) is 0. The van der Waals surface area contributed by atoms with Gasteiger partial charge in [0.2, 0.25) is 5.89 Å².